The molecule has 1 aromatic heterocycles. The Balaban J connectivity index is 2.85. The molecule has 20 heavy (non-hydrogen) atoms. The first kappa shape index (κ1) is 16.9. The fourth-order valence-electron chi connectivity index (χ4n) is 1.55. The van der Waals surface area contributed by atoms with Crippen LogP contribution in [0.5, 0.6) is 0 Å². The number of rotatable bonds is 5. The predicted octanol–water partition coefficient (Wildman–Crippen LogP) is 2.50. The van der Waals surface area contributed by atoms with Gasteiger partial charge in [-0.2, -0.15) is 0 Å². The molecule has 0 aliphatic heterocycles. The highest BCUT2D eigenvalue weighted by Crippen LogP contribution is 2.23. The third-order valence-corrected chi connectivity index (χ3v) is 3.10. The van der Waals surface area contributed by atoms with Crippen molar-refractivity contribution >= 4 is 27.7 Å². The lowest BCUT2D eigenvalue weighted by molar-refractivity contribution is -0.119. The number of carbonyl (C=O) groups is 1. The second-order valence-electron chi connectivity index (χ2n) is 5.83. The molecule has 0 spiro atoms. The summed E-state index contributed by atoms with van der Waals surface area (Å²) in [5, 5.41) is 2.86. The summed E-state index contributed by atoms with van der Waals surface area (Å²) in [5.41, 5.74) is -0.135. The van der Waals surface area contributed by atoms with Gasteiger partial charge in [-0.25, -0.2) is 9.97 Å². The normalized spacial score (nSPS) is 11.3. The van der Waals surface area contributed by atoms with Gasteiger partial charge in [0.2, 0.25) is 5.91 Å². The van der Waals surface area contributed by atoms with Crippen molar-refractivity contribution in [3.63, 3.8) is 0 Å². The molecule has 0 unspecified atom stereocenters. The number of likely N-dealkylation sites (N-methyl/N-ethyl adjacent to an activating group) is 1. The number of halogens is 1. The molecule has 0 radical (unpaired) electrons. The van der Waals surface area contributed by atoms with E-state index in [1.807, 2.05) is 24.9 Å². The second kappa shape index (κ2) is 7.02. The quantitative estimate of drug-likeness (QED) is 0.835. The van der Waals surface area contributed by atoms with Crippen LogP contribution in [0.3, 0.4) is 0 Å². The highest BCUT2D eigenvalue weighted by atomic mass is 79.9. The molecule has 1 N–H and O–H groups in total. The Labute approximate surface area is 129 Å². The van der Waals surface area contributed by atoms with E-state index in [1.54, 1.807) is 0 Å². The summed E-state index contributed by atoms with van der Waals surface area (Å²) in [6.07, 6.45) is 0.933. The SMILES string of the molecule is CCCNC(=O)CN(C)c1cc(Br)nc(C(C)(C)C)n1. The van der Waals surface area contributed by atoms with Gasteiger partial charge in [-0.3, -0.25) is 4.79 Å². The molecule has 0 aliphatic carbocycles. The predicted molar refractivity (Wildman–Crippen MR) is 85.0 cm³/mol. The molecule has 0 atom stereocenters. The number of anilines is 1. The van der Waals surface area contributed by atoms with Gasteiger partial charge in [-0.15, -0.1) is 0 Å². The van der Waals surface area contributed by atoms with E-state index >= 15 is 0 Å². The van der Waals surface area contributed by atoms with Gasteiger partial charge in [0.25, 0.3) is 0 Å². The molecule has 1 heterocycles. The molecule has 0 bridgehead atoms. The van der Waals surface area contributed by atoms with Crippen LogP contribution in [0.4, 0.5) is 5.82 Å². The van der Waals surface area contributed by atoms with E-state index in [-0.39, 0.29) is 17.9 Å². The fraction of sp³-hybridized carbons (Fsp3) is 0.643. The summed E-state index contributed by atoms with van der Waals surface area (Å²) in [5.74, 6) is 1.49. The van der Waals surface area contributed by atoms with Gasteiger partial charge in [0.15, 0.2) is 0 Å². The maximum absolute atomic E-state index is 11.7. The molecule has 1 amide bonds. The monoisotopic (exact) mass is 342 g/mol. The standard InChI is InChI=1S/C14H23BrN4O/c1-6-7-16-12(20)9-19(5)11-8-10(15)17-13(18-11)14(2,3)4/h8H,6-7,9H2,1-5H3,(H,16,20). The lowest BCUT2D eigenvalue weighted by Crippen LogP contribution is -2.36. The lowest BCUT2D eigenvalue weighted by atomic mass is 9.96. The number of hydrogen-bond acceptors (Lipinski definition) is 4. The van der Waals surface area contributed by atoms with Crippen molar-refractivity contribution < 1.29 is 4.79 Å². The first-order valence-electron chi connectivity index (χ1n) is 6.77. The molecule has 1 aromatic rings. The Bertz CT molecular complexity index is 471. The summed E-state index contributed by atoms with van der Waals surface area (Å²) >= 11 is 3.40. The molecule has 1 rings (SSSR count). The van der Waals surface area contributed by atoms with E-state index in [0.29, 0.717) is 6.54 Å². The van der Waals surface area contributed by atoms with E-state index in [4.69, 9.17) is 0 Å². The van der Waals surface area contributed by atoms with Crippen LogP contribution in [-0.4, -0.2) is 36.0 Å². The zero-order valence-corrected chi connectivity index (χ0v) is 14.4. The van der Waals surface area contributed by atoms with Crippen LogP contribution in [0.1, 0.15) is 39.9 Å². The highest BCUT2D eigenvalue weighted by molar-refractivity contribution is 9.10. The van der Waals surface area contributed by atoms with Crippen molar-refractivity contribution in [2.24, 2.45) is 0 Å². The Morgan fingerprint density at radius 1 is 1.40 bits per heavy atom. The molecule has 0 saturated heterocycles. The largest absolute Gasteiger partial charge is 0.355 e. The summed E-state index contributed by atoms with van der Waals surface area (Å²) in [4.78, 5) is 22.5. The Morgan fingerprint density at radius 3 is 2.60 bits per heavy atom. The zero-order valence-electron chi connectivity index (χ0n) is 12.8. The van der Waals surface area contributed by atoms with Gasteiger partial charge < -0.3 is 10.2 Å². The van der Waals surface area contributed by atoms with E-state index in [1.165, 1.54) is 0 Å². The van der Waals surface area contributed by atoms with Gasteiger partial charge >= 0.3 is 0 Å². The summed E-state index contributed by atoms with van der Waals surface area (Å²) in [6.45, 7) is 9.20. The molecule has 0 aliphatic rings. The van der Waals surface area contributed by atoms with Crippen molar-refractivity contribution in [3.8, 4) is 0 Å². The minimum absolute atomic E-state index is 0.00129. The van der Waals surface area contributed by atoms with E-state index in [0.717, 1.165) is 22.7 Å². The zero-order chi connectivity index (χ0) is 15.3. The number of nitrogens with zero attached hydrogens (tertiary/aromatic N) is 3. The topological polar surface area (TPSA) is 58.1 Å². The minimum Gasteiger partial charge on any atom is -0.355 e. The Morgan fingerprint density at radius 2 is 2.05 bits per heavy atom. The molecule has 5 nitrogen and oxygen atoms in total. The van der Waals surface area contributed by atoms with E-state index in [9.17, 15) is 4.79 Å². The van der Waals surface area contributed by atoms with Crippen LogP contribution < -0.4 is 10.2 Å². The molecular weight excluding hydrogens is 320 g/mol. The first-order valence-corrected chi connectivity index (χ1v) is 7.56. The number of hydrogen-bond donors (Lipinski definition) is 1. The number of nitrogens with one attached hydrogen (secondary N) is 1. The van der Waals surface area contributed by atoms with Crippen LogP contribution >= 0.6 is 15.9 Å². The van der Waals surface area contributed by atoms with Gasteiger partial charge in [0.1, 0.15) is 16.2 Å². The van der Waals surface area contributed by atoms with Crippen molar-refractivity contribution in [2.75, 3.05) is 25.0 Å². The first-order chi connectivity index (χ1) is 9.24. The smallest absolute Gasteiger partial charge is 0.239 e. The van der Waals surface area contributed by atoms with E-state index in [2.05, 4.69) is 52.0 Å². The van der Waals surface area contributed by atoms with Gasteiger partial charge in [-0.1, -0.05) is 27.7 Å². The maximum Gasteiger partial charge on any atom is 0.239 e. The van der Waals surface area contributed by atoms with E-state index < -0.39 is 0 Å². The fourth-order valence-corrected chi connectivity index (χ4v) is 1.93. The van der Waals surface area contributed by atoms with Crippen LogP contribution in [0.25, 0.3) is 0 Å². The van der Waals surface area contributed by atoms with Crippen LogP contribution in [-0.2, 0) is 10.2 Å². The molecule has 0 aromatic carbocycles. The number of carbonyl (C=O) groups excluding carboxylic acids is 1. The Hall–Kier alpha value is -1.17. The average molecular weight is 343 g/mol. The van der Waals surface area contributed by atoms with Crippen molar-refractivity contribution in [2.45, 2.75) is 39.5 Å². The van der Waals surface area contributed by atoms with Crippen LogP contribution in [0, 0.1) is 0 Å². The number of amides is 1. The molecular formula is C14H23BrN4O. The lowest BCUT2D eigenvalue weighted by Gasteiger charge is -2.22. The van der Waals surface area contributed by atoms with Crippen molar-refractivity contribution in [1.29, 1.82) is 0 Å². The Kier molecular flexibility index (Phi) is 5.92. The highest BCUT2D eigenvalue weighted by Gasteiger charge is 2.20. The van der Waals surface area contributed by atoms with Gasteiger partial charge in [-0.05, 0) is 22.4 Å². The third-order valence-electron chi connectivity index (χ3n) is 2.70. The maximum atomic E-state index is 11.7. The van der Waals surface area contributed by atoms with Gasteiger partial charge in [0.05, 0.1) is 6.54 Å². The summed E-state index contributed by atoms with van der Waals surface area (Å²) in [6, 6.07) is 1.82. The van der Waals surface area contributed by atoms with Crippen LogP contribution in [0.2, 0.25) is 0 Å². The molecule has 6 heteroatoms. The minimum atomic E-state index is -0.135. The van der Waals surface area contributed by atoms with Gasteiger partial charge in [0, 0.05) is 25.1 Å². The van der Waals surface area contributed by atoms with Crippen LogP contribution in [0.15, 0.2) is 10.7 Å². The second-order valence-corrected chi connectivity index (χ2v) is 6.64. The average Bonchev–Trinajstić information content (AvgIpc) is 2.34. The summed E-state index contributed by atoms with van der Waals surface area (Å²) in [7, 11) is 1.85. The molecule has 0 saturated carbocycles. The number of aromatic nitrogens is 2. The summed E-state index contributed by atoms with van der Waals surface area (Å²) < 4.78 is 0.730. The third kappa shape index (κ3) is 5.07. The molecule has 0 fully saturated rings. The van der Waals surface area contributed by atoms with Crippen molar-refractivity contribution in [3.05, 3.63) is 16.5 Å². The molecule has 112 valence electrons. The van der Waals surface area contributed by atoms with Crippen molar-refractivity contribution in [1.82, 2.24) is 15.3 Å².